The highest BCUT2D eigenvalue weighted by Gasteiger charge is 2.32. The van der Waals surface area contributed by atoms with Gasteiger partial charge in [0.05, 0.1) is 0 Å². The number of benzene rings is 2. The first-order valence-electron chi connectivity index (χ1n) is 6.21. The van der Waals surface area contributed by atoms with Crippen LogP contribution in [0.3, 0.4) is 0 Å². The predicted molar refractivity (Wildman–Crippen MR) is 97.3 cm³/mol. The first-order chi connectivity index (χ1) is 9.97. The number of anilines is 1. The van der Waals surface area contributed by atoms with E-state index in [1.807, 2.05) is 48.5 Å². The number of amides is 1. The van der Waals surface area contributed by atoms with Crippen LogP contribution in [-0.2, 0) is 0 Å². The van der Waals surface area contributed by atoms with E-state index in [4.69, 9.17) is 0 Å². The lowest BCUT2D eigenvalue weighted by Gasteiger charge is -2.28. The molecule has 0 bridgehead atoms. The highest BCUT2D eigenvalue weighted by molar-refractivity contribution is 9.39. The average Bonchev–Trinajstić information content (AvgIpc) is 2.47. The molecule has 0 aromatic heterocycles. The maximum Gasteiger partial charge on any atom is 0.252 e. The molecule has 0 unspecified atom stereocenters. The van der Waals surface area contributed by atoms with Crippen molar-refractivity contribution in [3.8, 4) is 0 Å². The third kappa shape index (κ3) is 5.13. The number of hydrogen-bond donors (Lipinski definition) is 2. The number of halogens is 3. The lowest BCUT2D eigenvalue weighted by Crippen LogP contribution is -2.48. The van der Waals surface area contributed by atoms with Gasteiger partial charge in [0.2, 0.25) is 0 Å². The van der Waals surface area contributed by atoms with Gasteiger partial charge < -0.3 is 10.6 Å². The van der Waals surface area contributed by atoms with Crippen LogP contribution in [0.1, 0.15) is 10.4 Å². The van der Waals surface area contributed by atoms with Gasteiger partial charge in [-0.15, -0.1) is 0 Å². The van der Waals surface area contributed by atoms with E-state index in [1.165, 1.54) is 0 Å². The van der Waals surface area contributed by atoms with Crippen molar-refractivity contribution in [1.29, 1.82) is 0 Å². The van der Waals surface area contributed by atoms with Crippen molar-refractivity contribution in [1.82, 2.24) is 5.32 Å². The zero-order valence-electron chi connectivity index (χ0n) is 10.9. The monoisotopic (exact) mass is 474 g/mol. The Labute approximate surface area is 148 Å². The van der Waals surface area contributed by atoms with Gasteiger partial charge in [0.15, 0.2) is 2.14 Å². The molecule has 21 heavy (non-hydrogen) atoms. The number of carbonyl (C=O) groups is 1. The molecule has 0 spiro atoms. The lowest BCUT2D eigenvalue weighted by molar-refractivity contribution is 0.0943. The summed E-state index contributed by atoms with van der Waals surface area (Å²) in [6.07, 6.45) is -0.410. The highest BCUT2D eigenvalue weighted by atomic mass is 80.0. The minimum absolute atomic E-state index is 0.160. The van der Waals surface area contributed by atoms with E-state index < -0.39 is 8.31 Å². The minimum Gasteiger partial charge on any atom is -0.363 e. The van der Waals surface area contributed by atoms with Gasteiger partial charge in [-0.2, -0.15) is 0 Å². The van der Waals surface area contributed by atoms with Crippen LogP contribution >= 0.6 is 47.8 Å². The zero-order chi connectivity index (χ0) is 15.3. The van der Waals surface area contributed by atoms with Crippen molar-refractivity contribution in [2.24, 2.45) is 0 Å². The highest BCUT2D eigenvalue weighted by Crippen LogP contribution is 2.37. The van der Waals surface area contributed by atoms with Crippen molar-refractivity contribution in [2.75, 3.05) is 5.32 Å². The summed E-state index contributed by atoms with van der Waals surface area (Å²) in [7, 11) is 0. The zero-order valence-corrected chi connectivity index (χ0v) is 15.7. The summed E-state index contributed by atoms with van der Waals surface area (Å²) < 4.78 is -0.673. The summed E-state index contributed by atoms with van der Waals surface area (Å²) in [5, 5.41) is 6.18. The number of nitrogens with one attached hydrogen (secondary N) is 2. The molecule has 1 amide bonds. The minimum atomic E-state index is -0.673. The summed E-state index contributed by atoms with van der Waals surface area (Å²) >= 11 is 10.4. The second kappa shape index (κ2) is 7.42. The van der Waals surface area contributed by atoms with Crippen LogP contribution in [0, 0.1) is 0 Å². The molecule has 3 nitrogen and oxygen atoms in total. The molecule has 2 aromatic rings. The Kier molecular flexibility index (Phi) is 5.84. The van der Waals surface area contributed by atoms with Gasteiger partial charge in [-0.1, -0.05) is 84.2 Å². The maximum atomic E-state index is 12.3. The third-order valence-electron chi connectivity index (χ3n) is 2.72. The van der Waals surface area contributed by atoms with Crippen LogP contribution in [0.2, 0.25) is 0 Å². The maximum absolute atomic E-state index is 12.3. The molecule has 0 heterocycles. The summed E-state index contributed by atoms with van der Waals surface area (Å²) in [4.78, 5) is 12.3. The Hall–Kier alpha value is -0.850. The summed E-state index contributed by atoms with van der Waals surface area (Å²) in [6.45, 7) is 0. The van der Waals surface area contributed by atoms with Gasteiger partial charge in [-0.05, 0) is 24.3 Å². The predicted octanol–water partition coefficient (Wildman–Crippen LogP) is 4.69. The van der Waals surface area contributed by atoms with Crippen LogP contribution in [-0.4, -0.2) is 14.2 Å². The topological polar surface area (TPSA) is 41.1 Å². The fourth-order valence-electron chi connectivity index (χ4n) is 1.70. The van der Waals surface area contributed by atoms with E-state index in [1.54, 1.807) is 12.1 Å². The SMILES string of the molecule is O=C(N[C@H](Nc1ccccc1)C(Br)(Br)Br)c1ccccc1. The molecule has 0 saturated carbocycles. The van der Waals surface area contributed by atoms with Gasteiger partial charge in [0.1, 0.15) is 6.17 Å². The van der Waals surface area contributed by atoms with Gasteiger partial charge in [0.25, 0.3) is 5.91 Å². The third-order valence-corrected chi connectivity index (χ3v) is 4.10. The van der Waals surface area contributed by atoms with Gasteiger partial charge >= 0.3 is 0 Å². The Balaban J connectivity index is 2.12. The van der Waals surface area contributed by atoms with Crippen LogP contribution in [0.15, 0.2) is 60.7 Å². The Morgan fingerprint density at radius 2 is 1.43 bits per heavy atom. The molecule has 0 aliphatic carbocycles. The molecule has 2 rings (SSSR count). The van der Waals surface area contributed by atoms with Gasteiger partial charge in [0, 0.05) is 11.3 Å². The van der Waals surface area contributed by atoms with Crippen molar-refractivity contribution in [3.05, 3.63) is 66.2 Å². The second-order valence-electron chi connectivity index (χ2n) is 4.32. The van der Waals surface area contributed by atoms with Crippen LogP contribution < -0.4 is 10.6 Å². The standard InChI is InChI=1S/C15H13Br3N2O/c16-15(17,18)14(19-12-9-5-2-6-10-12)20-13(21)11-7-3-1-4-8-11/h1-10,14,19H,(H,20,21)/t14-/m0/s1. The Morgan fingerprint density at radius 3 is 1.95 bits per heavy atom. The molecular weight excluding hydrogens is 464 g/mol. The fourth-order valence-corrected chi connectivity index (χ4v) is 2.39. The lowest BCUT2D eigenvalue weighted by atomic mass is 10.2. The van der Waals surface area contributed by atoms with Crippen molar-refractivity contribution in [3.63, 3.8) is 0 Å². The molecule has 0 saturated heterocycles. The van der Waals surface area contributed by atoms with E-state index >= 15 is 0 Å². The summed E-state index contributed by atoms with van der Waals surface area (Å²) in [5.74, 6) is -0.160. The Morgan fingerprint density at radius 1 is 0.905 bits per heavy atom. The van der Waals surface area contributed by atoms with Crippen LogP contribution in [0.4, 0.5) is 5.69 Å². The quantitative estimate of drug-likeness (QED) is 0.496. The normalized spacial score (nSPS) is 12.5. The molecule has 0 radical (unpaired) electrons. The smallest absolute Gasteiger partial charge is 0.252 e. The fraction of sp³-hybridized carbons (Fsp3) is 0.133. The number of para-hydroxylation sites is 1. The van der Waals surface area contributed by atoms with E-state index in [0.717, 1.165) is 5.69 Å². The molecule has 0 aliphatic heterocycles. The molecule has 0 fully saturated rings. The van der Waals surface area contributed by atoms with Crippen molar-refractivity contribution >= 4 is 59.4 Å². The first kappa shape index (κ1) is 16.5. The second-order valence-corrected chi connectivity index (χ2v) is 11.3. The molecule has 2 N–H and O–H groups in total. The first-order valence-corrected chi connectivity index (χ1v) is 8.59. The van der Waals surface area contributed by atoms with Crippen LogP contribution in [0.5, 0.6) is 0 Å². The van der Waals surface area contributed by atoms with Crippen molar-refractivity contribution < 1.29 is 4.79 Å². The van der Waals surface area contributed by atoms with Crippen molar-refractivity contribution in [2.45, 2.75) is 8.31 Å². The molecule has 2 aromatic carbocycles. The number of hydrogen-bond acceptors (Lipinski definition) is 2. The number of rotatable bonds is 4. The van der Waals surface area contributed by atoms with Crippen LogP contribution in [0.25, 0.3) is 0 Å². The average molecular weight is 477 g/mol. The molecular formula is C15H13Br3N2O. The van der Waals surface area contributed by atoms with E-state index in [-0.39, 0.29) is 5.91 Å². The number of alkyl halides is 3. The molecule has 6 heteroatoms. The number of carbonyl (C=O) groups excluding carboxylic acids is 1. The van der Waals surface area contributed by atoms with Gasteiger partial charge in [-0.3, -0.25) is 4.79 Å². The largest absolute Gasteiger partial charge is 0.363 e. The molecule has 0 aliphatic rings. The van der Waals surface area contributed by atoms with Gasteiger partial charge in [-0.25, -0.2) is 0 Å². The Bertz CT molecular complexity index is 585. The summed E-state index contributed by atoms with van der Waals surface area (Å²) in [5.41, 5.74) is 1.51. The van der Waals surface area contributed by atoms with E-state index in [9.17, 15) is 4.79 Å². The van der Waals surface area contributed by atoms with E-state index in [0.29, 0.717) is 5.56 Å². The molecule has 110 valence electrons. The molecule has 1 atom stereocenters. The van der Waals surface area contributed by atoms with E-state index in [2.05, 4.69) is 58.4 Å². The summed E-state index contributed by atoms with van der Waals surface area (Å²) in [6, 6.07) is 18.7.